The fraction of sp³-hybridized carbons (Fsp3) is 0.571. The molecule has 3 heteroatoms. The van der Waals surface area contributed by atoms with E-state index >= 15 is 0 Å². The zero-order valence-electron chi connectivity index (χ0n) is 15.4. The van der Waals surface area contributed by atoms with E-state index < -0.39 is 5.60 Å². The topological polar surface area (TPSA) is 29.5 Å². The Hall–Kier alpha value is -1.77. The second-order valence-electron chi connectivity index (χ2n) is 8.50. The summed E-state index contributed by atoms with van der Waals surface area (Å²) in [6.07, 6.45) is 6.88. The van der Waals surface area contributed by atoms with Gasteiger partial charge in [-0.15, -0.1) is 0 Å². The maximum atomic E-state index is 12.1. The standard InChI is InChI=1S/C21H29NO2/c1-16-7-5-6-8-18(16)13-17-9-11-21(12-10-17)14-22(15-21)19(23)24-20(2,3)4/h5-8,13H,9-12,14-15H2,1-4H3. The lowest BCUT2D eigenvalue weighted by molar-refractivity contribution is -0.0444. The summed E-state index contributed by atoms with van der Waals surface area (Å²) < 4.78 is 5.46. The van der Waals surface area contributed by atoms with Crippen molar-refractivity contribution >= 4 is 12.2 Å². The van der Waals surface area contributed by atoms with E-state index in [1.54, 1.807) is 5.57 Å². The molecule has 130 valence electrons. The molecule has 0 atom stereocenters. The third-order valence-electron chi connectivity index (χ3n) is 5.21. The molecular formula is C21H29NO2. The third kappa shape index (κ3) is 3.82. The normalized spacial score (nSPS) is 19.8. The predicted octanol–water partition coefficient (Wildman–Crippen LogP) is 5.19. The molecule has 0 unspecified atom stereocenters. The minimum Gasteiger partial charge on any atom is -0.444 e. The van der Waals surface area contributed by atoms with Gasteiger partial charge < -0.3 is 9.64 Å². The molecule has 1 saturated carbocycles. The van der Waals surface area contributed by atoms with Gasteiger partial charge >= 0.3 is 6.09 Å². The molecule has 1 aromatic carbocycles. The number of nitrogens with zero attached hydrogens (tertiary/aromatic N) is 1. The van der Waals surface area contributed by atoms with Crippen molar-refractivity contribution in [1.82, 2.24) is 4.90 Å². The first-order valence-corrected chi connectivity index (χ1v) is 8.99. The first kappa shape index (κ1) is 17.1. The van der Waals surface area contributed by atoms with Gasteiger partial charge in [-0.2, -0.15) is 0 Å². The van der Waals surface area contributed by atoms with E-state index in [9.17, 15) is 4.79 Å². The van der Waals surface area contributed by atoms with E-state index in [0.29, 0.717) is 5.41 Å². The van der Waals surface area contributed by atoms with Crippen LogP contribution in [0.5, 0.6) is 0 Å². The highest BCUT2D eigenvalue weighted by molar-refractivity contribution is 5.69. The van der Waals surface area contributed by atoms with Crippen molar-refractivity contribution in [2.75, 3.05) is 13.1 Å². The van der Waals surface area contributed by atoms with Crippen molar-refractivity contribution in [2.45, 2.75) is 59.0 Å². The van der Waals surface area contributed by atoms with Crippen LogP contribution in [0.15, 0.2) is 29.8 Å². The summed E-state index contributed by atoms with van der Waals surface area (Å²) in [5, 5.41) is 0. The average molecular weight is 327 g/mol. The largest absolute Gasteiger partial charge is 0.444 e. The summed E-state index contributed by atoms with van der Waals surface area (Å²) in [5.74, 6) is 0. The first-order valence-electron chi connectivity index (χ1n) is 8.99. The van der Waals surface area contributed by atoms with E-state index in [4.69, 9.17) is 4.74 Å². The van der Waals surface area contributed by atoms with Crippen molar-refractivity contribution in [3.05, 3.63) is 41.0 Å². The van der Waals surface area contributed by atoms with Gasteiger partial charge in [-0.25, -0.2) is 4.79 Å². The van der Waals surface area contributed by atoms with Gasteiger partial charge in [0.05, 0.1) is 0 Å². The number of benzene rings is 1. The van der Waals surface area contributed by atoms with Gasteiger partial charge in [0, 0.05) is 18.5 Å². The van der Waals surface area contributed by atoms with Gasteiger partial charge in [-0.3, -0.25) is 0 Å². The first-order chi connectivity index (χ1) is 11.3. The quantitative estimate of drug-likeness (QED) is 0.710. The molecule has 0 radical (unpaired) electrons. The van der Waals surface area contributed by atoms with Crippen LogP contribution in [-0.2, 0) is 4.74 Å². The average Bonchev–Trinajstić information content (AvgIpc) is 2.46. The zero-order valence-corrected chi connectivity index (χ0v) is 15.4. The van der Waals surface area contributed by atoms with Crippen molar-refractivity contribution in [2.24, 2.45) is 5.41 Å². The van der Waals surface area contributed by atoms with Gasteiger partial charge in [-0.05, 0) is 64.5 Å². The van der Waals surface area contributed by atoms with Gasteiger partial charge in [0.15, 0.2) is 0 Å². The summed E-state index contributed by atoms with van der Waals surface area (Å²) in [6.45, 7) is 9.65. The highest BCUT2D eigenvalue weighted by Crippen LogP contribution is 2.46. The van der Waals surface area contributed by atoms with E-state index in [0.717, 1.165) is 25.9 Å². The number of allylic oxidation sites excluding steroid dienone is 1. The van der Waals surface area contributed by atoms with Gasteiger partial charge in [0.2, 0.25) is 0 Å². The predicted molar refractivity (Wildman–Crippen MR) is 97.9 cm³/mol. The minimum absolute atomic E-state index is 0.158. The van der Waals surface area contributed by atoms with E-state index in [1.807, 2.05) is 25.7 Å². The van der Waals surface area contributed by atoms with Crippen LogP contribution in [0.3, 0.4) is 0 Å². The molecule has 3 rings (SSSR count). The summed E-state index contributed by atoms with van der Waals surface area (Å²) in [6, 6.07) is 8.56. The molecule has 3 nitrogen and oxygen atoms in total. The lowest BCUT2D eigenvalue weighted by Crippen LogP contribution is -2.59. The Balaban J connectivity index is 1.54. The lowest BCUT2D eigenvalue weighted by atomic mass is 9.67. The summed E-state index contributed by atoms with van der Waals surface area (Å²) in [4.78, 5) is 14.0. The number of rotatable bonds is 1. The highest BCUT2D eigenvalue weighted by atomic mass is 16.6. The number of amides is 1. The number of carbonyl (C=O) groups excluding carboxylic acids is 1. The van der Waals surface area contributed by atoms with Crippen LogP contribution in [0.25, 0.3) is 6.08 Å². The molecule has 2 fully saturated rings. The van der Waals surface area contributed by atoms with Crippen LogP contribution in [0.1, 0.15) is 57.6 Å². The van der Waals surface area contributed by atoms with E-state index in [-0.39, 0.29) is 6.09 Å². The van der Waals surface area contributed by atoms with Crippen molar-refractivity contribution in [3.63, 3.8) is 0 Å². The maximum Gasteiger partial charge on any atom is 0.410 e. The van der Waals surface area contributed by atoms with Gasteiger partial charge in [0.1, 0.15) is 5.60 Å². The monoisotopic (exact) mass is 327 g/mol. The molecule has 1 saturated heterocycles. The van der Waals surface area contributed by atoms with Crippen LogP contribution >= 0.6 is 0 Å². The minimum atomic E-state index is -0.407. The Morgan fingerprint density at radius 3 is 2.38 bits per heavy atom. The van der Waals surface area contributed by atoms with E-state index in [1.165, 1.54) is 24.0 Å². The van der Waals surface area contributed by atoms with Crippen molar-refractivity contribution in [1.29, 1.82) is 0 Å². The summed E-state index contributed by atoms with van der Waals surface area (Å²) in [7, 11) is 0. The lowest BCUT2D eigenvalue weighted by Gasteiger charge is -2.52. The van der Waals surface area contributed by atoms with Crippen LogP contribution < -0.4 is 0 Å². The van der Waals surface area contributed by atoms with Gasteiger partial charge in [0.25, 0.3) is 0 Å². The Morgan fingerprint density at radius 2 is 1.79 bits per heavy atom. The molecule has 2 aliphatic rings. The second-order valence-corrected chi connectivity index (χ2v) is 8.50. The molecule has 1 spiro atoms. The zero-order chi connectivity index (χ0) is 17.4. The Labute approximate surface area is 145 Å². The number of aryl methyl sites for hydroxylation is 1. The van der Waals surface area contributed by atoms with Gasteiger partial charge in [-0.1, -0.05) is 35.9 Å². The molecule has 1 amide bonds. The molecule has 1 aliphatic heterocycles. The maximum absolute atomic E-state index is 12.1. The molecular weight excluding hydrogens is 298 g/mol. The van der Waals surface area contributed by atoms with Crippen LogP contribution in [0, 0.1) is 12.3 Å². The van der Waals surface area contributed by atoms with Crippen LogP contribution in [0.4, 0.5) is 4.79 Å². The molecule has 24 heavy (non-hydrogen) atoms. The smallest absolute Gasteiger partial charge is 0.410 e. The molecule has 1 aromatic rings. The van der Waals surface area contributed by atoms with Crippen LogP contribution in [-0.4, -0.2) is 29.7 Å². The van der Waals surface area contributed by atoms with Crippen LogP contribution in [0.2, 0.25) is 0 Å². The molecule has 0 aromatic heterocycles. The fourth-order valence-corrected chi connectivity index (χ4v) is 3.75. The molecule has 0 bridgehead atoms. The number of hydrogen-bond acceptors (Lipinski definition) is 2. The second kappa shape index (κ2) is 6.27. The van der Waals surface area contributed by atoms with Crippen molar-refractivity contribution < 1.29 is 9.53 Å². The number of carbonyl (C=O) groups is 1. The Morgan fingerprint density at radius 1 is 1.17 bits per heavy atom. The Bertz CT molecular complexity index is 636. The molecule has 1 aliphatic carbocycles. The third-order valence-corrected chi connectivity index (χ3v) is 5.21. The molecule has 0 N–H and O–H groups in total. The van der Waals surface area contributed by atoms with Crippen molar-refractivity contribution in [3.8, 4) is 0 Å². The Kier molecular flexibility index (Phi) is 4.46. The summed E-state index contributed by atoms with van der Waals surface area (Å²) in [5.41, 5.74) is 4.15. The van der Waals surface area contributed by atoms with E-state index in [2.05, 4.69) is 37.3 Å². The SMILES string of the molecule is Cc1ccccc1C=C1CCC2(CC1)CN(C(=O)OC(C)(C)C)C2. The fourth-order valence-electron chi connectivity index (χ4n) is 3.75. The number of hydrogen-bond donors (Lipinski definition) is 0. The number of likely N-dealkylation sites (tertiary alicyclic amines) is 1. The molecule has 1 heterocycles. The number of ether oxygens (including phenoxy) is 1. The highest BCUT2D eigenvalue weighted by Gasteiger charge is 2.47. The summed E-state index contributed by atoms with van der Waals surface area (Å²) >= 11 is 0.